The molecular formula is C15H16N2O3. The second kappa shape index (κ2) is 8.42. The number of rotatable bonds is 3. The molecule has 1 heterocycles. The van der Waals surface area contributed by atoms with Crippen LogP contribution in [-0.2, 0) is 4.74 Å². The van der Waals surface area contributed by atoms with Gasteiger partial charge in [0.2, 0.25) is 5.91 Å². The van der Waals surface area contributed by atoms with Crippen LogP contribution in [0.25, 0.3) is 0 Å². The lowest BCUT2D eigenvalue weighted by atomic mass is 10.2. The molecule has 0 fully saturated rings. The zero-order valence-electron chi connectivity index (χ0n) is 11.2. The number of nitrogens with two attached hydrogens (primary N) is 1. The number of benzene rings is 1. The molecule has 1 aromatic heterocycles. The van der Waals surface area contributed by atoms with Crippen molar-refractivity contribution in [2.45, 2.75) is 6.92 Å². The zero-order valence-corrected chi connectivity index (χ0v) is 11.2. The minimum absolute atomic E-state index is 0.256. The third-order valence-electron chi connectivity index (χ3n) is 2.23. The van der Waals surface area contributed by atoms with Crippen molar-refractivity contribution in [2.24, 2.45) is 5.73 Å². The van der Waals surface area contributed by atoms with E-state index in [0.29, 0.717) is 17.7 Å². The number of pyridine rings is 1. The Labute approximate surface area is 117 Å². The molecule has 0 saturated carbocycles. The summed E-state index contributed by atoms with van der Waals surface area (Å²) in [6, 6.07) is 12.2. The van der Waals surface area contributed by atoms with E-state index in [-0.39, 0.29) is 5.97 Å². The highest BCUT2D eigenvalue weighted by atomic mass is 16.5. The van der Waals surface area contributed by atoms with Gasteiger partial charge in [-0.15, -0.1) is 0 Å². The number of amides is 1. The fourth-order valence-electron chi connectivity index (χ4n) is 1.30. The first kappa shape index (κ1) is 15.4. The lowest BCUT2D eigenvalue weighted by Crippen LogP contribution is -2.10. The third-order valence-corrected chi connectivity index (χ3v) is 2.23. The van der Waals surface area contributed by atoms with Gasteiger partial charge in [-0.1, -0.05) is 18.2 Å². The van der Waals surface area contributed by atoms with Crippen LogP contribution in [0.4, 0.5) is 0 Å². The Morgan fingerprint density at radius 2 is 1.75 bits per heavy atom. The molecule has 2 aromatic rings. The summed E-state index contributed by atoms with van der Waals surface area (Å²) in [7, 11) is 0. The standard InChI is InChI=1S/C9H10O2.C6H6N2O/c1-2-11-9(10)8-6-4-3-5-7-8;7-6(9)5-2-1-3-8-4-5/h3-7H,2H2,1H3;1-4H,(H2,7,9). The minimum Gasteiger partial charge on any atom is -0.462 e. The summed E-state index contributed by atoms with van der Waals surface area (Å²) in [5.41, 5.74) is 5.98. The molecule has 0 spiro atoms. The van der Waals surface area contributed by atoms with E-state index in [2.05, 4.69) is 4.98 Å². The van der Waals surface area contributed by atoms with Gasteiger partial charge in [0.05, 0.1) is 17.7 Å². The van der Waals surface area contributed by atoms with Crippen LogP contribution in [0.1, 0.15) is 27.6 Å². The second-order valence-corrected chi connectivity index (χ2v) is 3.69. The predicted octanol–water partition coefficient (Wildman–Crippen LogP) is 2.04. The van der Waals surface area contributed by atoms with Crippen molar-refractivity contribution in [2.75, 3.05) is 6.61 Å². The fourth-order valence-corrected chi connectivity index (χ4v) is 1.30. The largest absolute Gasteiger partial charge is 0.462 e. The van der Waals surface area contributed by atoms with Gasteiger partial charge in [0.1, 0.15) is 0 Å². The van der Waals surface area contributed by atoms with E-state index >= 15 is 0 Å². The predicted molar refractivity (Wildman–Crippen MR) is 75.2 cm³/mol. The van der Waals surface area contributed by atoms with Crippen molar-refractivity contribution in [3.63, 3.8) is 0 Å². The first-order valence-corrected chi connectivity index (χ1v) is 6.07. The van der Waals surface area contributed by atoms with Gasteiger partial charge >= 0.3 is 5.97 Å². The van der Waals surface area contributed by atoms with Gasteiger partial charge < -0.3 is 10.5 Å². The highest BCUT2D eigenvalue weighted by Crippen LogP contribution is 2.00. The van der Waals surface area contributed by atoms with Crippen molar-refractivity contribution in [1.82, 2.24) is 4.98 Å². The molecule has 20 heavy (non-hydrogen) atoms. The summed E-state index contributed by atoms with van der Waals surface area (Å²) in [5, 5.41) is 0. The summed E-state index contributed by atoms with van der Waals surface area (Å²) in [6.07, 6.45) is 3.02. The SMILES string of the molecule is CCOC(=O)c1ccccc1.NC(=O)c1cccnc1. The van der Waals surface area contributed by atoms with Crippen molar-refractivity contribution >= 4 is 11.9 Å². The van der Waals surface area contributed by atoms with Crippen LogP contribution >= 0.6 is 0 Å². The normalized spacial score (nSPS) is 9.05. The average Bonchev–Trinajstić information content (AvgIpc) is 2.50. The van der Waals surface area contributed by atoms with Crippen LogP contribution in [0.3, 0.4) is 0 Å². The van der Waals surface area contributed by atoms with Crippen LogP contribution < -0.4 is 5.73 Å². The molecule has 0 aliphatic heterocycles. The van der Waals surface area contributed by atoms with Gasteiger partial charge in [-0.25, -0.2) is 4.79 Å². The smallest absolute Gasteiger partial charge is 0.338 e. The van der Waals surface area contributed by atoms with Gasteiger partial charge in [0.25, 0.3) is 0 Å². The van der Waals surface area contributed by atoms with Gasteiger partial charge in [0, 0.05) is 12.4 Å². The Morgan fingerprint density at radius 1 is 1.10 bits per heavy atom. The molecular weight excluding hydrogens is 256 g/mol. The van der Waals surface area contributed by atoms with E-state index in [4.69, 9.17) is 10.5 Å². The van der Waals surface area contributed by atoms with E-state index in [9.17, 15) is 9.59 Å². The molecule has 5 nitrogen and oxygen atoms in total. The molecule has 1 aromatic carbocycles. The van der Waals surface area contributed by atoms with E-state index in [1.165, 1.54) is 6.20 Å². The molecule has 104 valence electrons. The van der Waals surface area contributed by atoms with Crippen LogP contribution in [-0.4, -0.2) is 23.5 Å². The third kappa shape index (κ3) is 5.30. The Kier molecular flexibility index (Phi) is 6.47. The van der Waals surface area contributed by atoms with Crippen LogP contribution in [0.2, 0.25) is 0 Å². The number of esters is 1. The topological polar surface area (TPSA) is 82.3 Å². The number of carbonyl (C=O) groups is 2. The molecule has 0 unspecified atom stereocenters. The summed E-state index contributed by atoms with van der Waals surface area (Å²) in [5.74, 6) is -0.698. The first-order valence-electron chi connectivity index (χ1n) is 6.07. The Bertz CT molecular complexity index is 542. The summed E-state index contributed by atoms with van der Waals surface area (Å²) < 4.78 is 4.79. The monoisotopic (exact) mass is 272 g/mol. The maximum Gasteiger partial charge on any atom is 0.338 e. The zero-order chi connectivity index (χ0) is 14.8. The molecule has 0 atom stereocenters. The second-order valence-electron chi connectivity index (χ2n) is 3.69. The Hall–Kier alpha value is -2.69. The van der Waals surface area contributed by atoms with Crippen LogP contribution in [0.15, 0.2) is 54.9 Å². The lowest BCUT2D eigenvalue weighted by Gasteiger charge is -1.99. The maximum atomic E-state index is 11.0. The number of hydrogen-bond donors (Lipinski definition) is 1. The molecule has 0 bridgehead atoms. The van der Waals surface area contributed by atoms with E-state index in [0.717, 1.165) is 0 Å². The van der Waals surface area contributed by atoms with E-state index < -0.39 is 5.91 Å². The van der Waals surface area contributed by atoms with Crippen molar-refractivity contribution in [1.29, 1.82) is 0 Å². The van der Waals surface area contributed by atoms with Gasteiger partial charge in [-0.3, -0.25) is 9.78 Å². The number of primary amides is 1. The van der Waals surface area contributed by atoms with Crippen LogP contribution in [0.5, 0.6) is 0 Å². The van der Waals surface area contributed by atoms with Crippen molar-refractivity contribution < 1.29 is 14.3 Å². The molecule has 0 aliphatic carbocycles. The van der Waals surface area contributed by atoms with E-state index in [1.807, 2.05) is 18.2 Å². The van der Waals surface area contributed by atoms with Crippen LogP contribution in [0, 0.1) is 0 Å². The number of hydrogen-bond acceptors (Lipinski definition) is 4. The number of ether oxygens (including phenoxy) is 1. The van der Waals surface area contributed by atoms with Gasteiger partial charge in [-0.05, 0) is 31.2 Å². The summed E-state index contributed by atoms with van der Waals surface area (Å²) in [4.78, 5) is 25.1. The number of aromatic nitrogens is 1. The molecule has 0 radical (unpaired) electrons. The van der Waals surface area contributed by atoms with E-state index in [1.54, 1.807) is 37.4 Å². The van der Waals surface area contributed by atoms with Crippen molar-refractivity contribution in [3.05, 3.63) is 66.0 Å². The summed E-state index contributed by atoms with van der Waals surface area (Å²) in [6.45, 7) is 2.22. The average molecular weight is 272 g/mol. The summed E-state index contributed by atoms with van der Waals surface area (Å²) >= 11 is 0. The van der Waals surface area contributed by atoms with Crippen molar-refractivity contribution in [3.8, 4) is 0 Å². The molecule has 2 rings (SSSR count). The lowest BCUT2D eigenvalue weighted by molar-refractivity contribution is 0.0526. The fraction of sp³-hybridized carbons (Fsp3) is 0.133. The number of nitrogens with zero attached hydrogens (tertiary/aromatic N) is 1. The molecule has 5 heteroatoms. The number of carbonyl (C=O) groups excluding carboxylic acids is 2. The highest BCUT2D eigenvalue weighted by molar-refractivity contribution is 5.92. The first-order chi connectivity index (χ1) is 9.65. The Morgan fingerprint density at radius 3 is 2.20 bits per heavy atom. The Balaban J connectivity index is 0.000000204. The van der Waals surface area contributed by atoms with Gasteiger partial charge in [0.15, 0.2) is 0 Å². The molecule has 2 N–H and O–H groups in total. The quantitative estimate of drug-likeness (QED) is 0.867. The molecule has 0 saturated heterocycles. The maximum absolute atomic E-state index is 11.0. The molecule has 1 amide bonds. The minimum atomic E-state index is -0.442. The highest BCUT2D eigenvalue weighted by Gasteiger charge is 2.02. The molecule has 0 aliphatic rings. The van der Waals surface area contributed by atoms with Gasteiger partial charge in [-0.2, -0.15) is 0 Å².